The third-order valence-corrected chi connectivity index (χ3v) is 5.06. The van der Waals surface area contributed by atoms with Crippen LogP contribution in [0.3, 0.4) is 0 Å². The molecule has 0 saturated carbocycles. The highest BCUT2D eigenvalue weighted by Crippen LogP contribution is 2.21. The second-order valence-electron chi connectivity index (χ2n) is 4.59. The van der Waals surface area contributed by atoms with E-state index in [4.69, 9.17) is 21.4 Å². The van der Waals surface area contributed by atoms with Crippen LogP contribution in [-0.2, 0) is 14.8 Å². The van der Waals surface area contributed by atoms with E-state index in [2.05, 4.69) is 4.98 Å². The van der Waals surface area contributed by atoms with Crippen LogP contribution >= 0.6 is 11.6 Å². The van der Waals surface area contributed by atoms with Gasteiger partial charge in [-0.05, 0) is 13.0 Å². The number of hydrogen-bond donors (Lipinski definition) is 2. The molecule has 1 aromatic rings. The number of rotatable bonds is 3. The molecule has 112 valence electrons. The summed E-state index contributed by atoms with van der Waals surface area (Å²) in [7, 11) is -3.79. The third kappa shape index (κ3) is 3.04. The first-order valence-electron chi connectivity index (χ1n) is 5.99. The van der Waals surface area contributed by atoms with Gasteiger partial charge in [0.1, 0.15) is 5.02 Å². The number of pyridine rings is 1. The summed E-state index contributed by atoms with van der Waals surface area (Å²) >= 11 is 5.65. The number of nitrogens with zero attached hydrogens (tertiary/aromatic N) is 1. The number of sulfonamides is 1. The minimum Gasteiger partial charge on any atom is -0.394 e. The molecule has 0 aliphatic carbocycles. The second-order valence-corrected chi connectivity index (χ2v) is 6.93. The van der Waals surface area contributed by atoms with Gasteiger partial charge in [0.2, 0.25) is 10.0 Å². The number of morpholine rings is 1. The lowest BCUT2D eigenvalue weighted by Crippen LogP contribution is -2.50. The molecule has 2 atom stereocenters. The molecule has 0 bridgehead atoms. The van der Waals surface area contributed by atoms with E-state index in [0.29, 0.717) is 0 Å². The van der Waals surface area contributed by atoms with Crippen molar-refractivity contribution >= 4 is 21.6 Å². The van der Waals surface area contributed by atoms with Crippen LogP contribution in [0.1, 0.15) is 6.92 Å². The number of hydrogen-bond acceptors (Lipinski definition) is 5. The van der Waals surface area contributed by atoms with Crippen molar-refractivity contribution in [1.82, 2.24) is 9.29 Å². The van der Waals surface area contributed by atoms with Crippen molar-refractivity contribution < 1.29 is 18.3 Å². The molecule has 0 aromatic carbocycles. The van der Waals surface area contributed by atoms with Gasteiger partial charge < -0.3 is 14.8 Å². The molecule has 1 aliphatic heterocycles. The average Bonchev–Trinajstić information content (AvgIpc) is 2.41. The third-order valence-electron chi connectivity index (χ3n) is 2.97. The van der Waals surface area contributed by atoms with E-state index in [1.165, 1.54) is 4.31 Å². The molecule has 1 fully saturated rings. The fraction of sp³-hybridized carbons (Fsp3) is 0.545. The van der Waals surface area contributed by atoms with E-state index in [0.717, 1.165) is 12.3 Å². The van der Waals surface area contributed by atoms with Crippen molar-refractivity contribution in [3.05, 3.63) is 27.6 Å². The van der Waals surface area contributed by atoms with Gasteiger partial charge in [-0.1, -0.05) is 11.6 Å². The molecule has 1 aliphatic rings. The topological polar surface area (TPSA) is 99.7 Å². The molecule has 0 radical (unpaired) electrons. The van der Waals surface area contributed by atoms with Crippen LogP contribution in [0.15, 0.2) is 22.0 Å². The largest absolute Gasteiger partial charge is 0.394 e. The molecular formula is C11H15ClN2O5S. The first-order valence-corrected chi connectivity index (χ1v) is 7.81. The van der Waals surface area contributed by atoms with Gasteiger partial charge in [-0.15, -0.1) is 0 Å². The lowest BCUT2D eigenvalue weighted by molar-refractivity contribution is -0.0750. The van der Waals surface area contributed by atoms with Gasteiger partial charge >= 0.3 is 0 Å². The zero-order valence-corrected chi connectivity index (χ0v) is 12.3. The molecular weight excluding hydrogens is 308 g/mol. The minimum atomic E-state index is -3.79. The van der Waals surface area contributed by atoms with Crippen molar-refractivity contribution in [3.8, 4) is 0 Å². The number of halogens is 1. The lowest BCUT2D eigenvalue weighted by Gasteiger charge is -2.35. The molecule has 2 unspecified atom stereocenters. The quantitative estimate of drug-likeness (QED) is 0.802. The molecule has 9 heteroatoms. The van der Waals surface area contributed by atoms with E-state index in [-0.39, 0.29) is 35.7 Å². The zero-order chi connectivity index (χ0) is 14.9. The van der Waals surface area contributed by atoms with Crippen molar-refractivity contribution in [2.45, 2.75) is 24.0 Å². The summed E-state index contributed by atoms with van der Waals surface area (Å²) in [4.78, 5) is 13.4. The van der Waals surface area contributed by atoms with E-state index >= 15 is 0 Å². The number of aromatic amines is 1. The fourth-order valence-corrected chi connectivity index (χ4v) is 3.81. The summed E-state index contributed by atoms with van der Waals surface area (Å²) in [6, 6.07) is 1.11. The summed E-state index contributed by atoms with van der Waals surface area (Å²) in [5, 5.41) is 8.94. The summed E-state index contributed by atoms with van der Waals surface area (Å²) in [5.74, 6) is 0. The summed E-state index contributed by atoms with van der Waals surface area (Å²) < 4.78 is 31.5. The minimum absolute atomic E-state index is 0.0555. The van der Waals surface area contributed by atoms with Gasteiger partial charge in [0.25, 0.3) is 5.56 Å². The van der Waals surface area contributed by atoms with E-state index in [1.807, 2.05) is 0 Å². The highest BCUT2D eigenvalue weighted by Gasteiger charge is 2.33. The summed E-state index contributed by atoms with van der Waals surface area (Å²) in [6.07, 6.45) is 0.220. The van der Waals surface area contributed by atoms with Gasteiger partial charge in [-0.25, -0.2) is 8.42 Å². The van der Waals surface area contributed by atoms with Gasteiger partial charge in [0, 0.05) is 19.3 Å². The number of aromatic nitrogens is 1. The Morgan fingerprint density at radius 2 is 2.25 bits per heavy atom. The molecule has 7 nitrogen and oxygen atoms in total. The molecule has 2 N–H and O–H groups in total. The van der Waals surface area contributed by atoms with Gasteiger partial charge in [-0.3, -0.25) is 4.79 Å². The van der Waals surface area contributed by atoms with Crippen LogP contribution in [0.5, 0.6) is 0 Å². The first kappa shape index (κ1) is 15.5. The van der Waals surface area contributed by atoms with E-state index in [1.54, 1.807) is 6.92 Å². The Morgan fingerprint density at radius 3 is 2.85 bits per heavy atom. The van der Waals surface area contributed by atoms with Crippen molar-refractivity contribution in [1.29, 1.82) is 0 Å². The second kappa shape index (κ2) is 5.82. The maximum absolute atomic E-state index is 12.5. The monoisotopic (exact) mass is 322 g/mol. The molecule has 2 heterocycles. The van der Waals surface area contributed by atoms with Crippen molar-refractivity contribution in [3.63, 3.8) is 0 Å². The Bertz CT molecular complexity index is 644. The maximum Gasteiger partial charge on any atom is 0.266 e. The number of aliphatic hydroxyl groups is 1. The number of aliphatic hydroxyl groups excluding tert-OH is 1. The van der Waals surface area contributed by atoms with Gasteiger partial charge in [-0.2, -0.15) is 4.31 Å². The number of ether oxygens (including phenoxy) is 1. The van der Waals surface area contributed by atoms with Crippen molar-refractivity contribution in [2.75, 3.05) is 19.7 Å². The molecule has 0 amide bonds. The molecule has 2 rings (SSSR count). The van der Waals surface area contributed by atoms with Crippen LogP contribution in [0, 0.1) is 0 Å². The SMILES string of the molecule is CC1CN(S(=O)(=O)c2c[nH]c(=O)c(Cl)c2)CC(CO)O1. The lowest BCUT2D eigenvalue weighted by atomic mass is 10.2. The predicted molar refractivity (Wildman–Crippen MR) is 72.3 cm³/mol. The predicted octanol–water partition coefficient (Wildman–Crippen LogP) is -0.201. The summed E-state index contributed by atoms with van der Waals surface area (Å²) in [6.45, 7) is 1.70. The fourth-order valence-electron chi connectivity index (χ4n) is 2.04. The maximum atomic E-state index is 12.5. The smallest absolute Gasteiger partial charge is 0.266 e. The standard InChI is InChI=1S/C11H15ClN2O5S/c1-7-4-14(5-8(6-15)19-7)20(17,18)9-2-10(12)11(16)13-3-9/h2-3,7-8,15H,4-6H2,1H3,(H,13,16). The Balaban J connectivity index is 2.33. The summed E-state index contributed by atoms with van der Waals surface area (Å²) in [5.41, 5.74) is -0.547. The van der Waals surface area contributed by atoms with Crippen LogP contribution in [0.2, 0.25) is 5.02 Å². The van der Waals surface area contributed by atoms with Crippen LogP contribution in [0.4, 0.5) is 0 Å². The zero-order valence-electron chi connectivity index (χ0n) is 10.7. The van der Waals surface area contributed by atoms with Crippen molar-refractivity contribution in [2.24, 2.45) is 0 Å². The first-order chi connectivity index (χ1) is 9.34. The van der Waals surface area contributed by atoms with Gasteiger partial charge in [0.05, 0.1) is 23.7 Å². The highest BCUT2D eigenvalue weighted by molar-refractivity contribution is 7.89. The Hall–Kier alpha value is -0.930. The molecule has 20 heavy (non-hydrogen) atoms. The molecule has 1 saturated heterocycles. The Morgan fingerprint density at radius 1 is 1.55 bits per heavy atom. The van der Waals surface area contributed by atoms with E-state index < -0.39 is 21.7 Å². The Labute approximate surface area is 121 Å². The average molecular weight is 323 g/mol. The highest BCUT2D eigenvalue weighted by atomic mass is 35.5. The van der Waals surface area contributed by atoms with Crippen LogP contribution in [0.25, 0.3) is 0 Å². The molecule has 0 spiro atoms. The van der Waals surface area contributed by atoms with E-state index in [9.17, 15) is 13.2 Å². The Kier molecular flexibility index (Phi) is 4.50. The van der Waals surface area contributed by atoms with Crippen LogP contribution in [-0.4, -0.2) is 54.7 Å². The number of nitrogens with one attached hydrogen (secondary N) is 1. The van der Waals surface area contributed by atoms with Crippen LogP contribution < -0.4 is 5.56 Å². The van der Waals surface area contributed by atoms with Gasteiger partial charge in [0.15, 0.2) is 0 Å². The normalized spacial score (nSPS) is 24.8. The number of H-pyrrole nitrogens is 1. The molecule has 1 aromatic heterocycles.